The predicted molar refractivity (Wildman–Crippen MR) is 274 cm³/mol. The van der Waals surface area contributed by atoms with Gasteiger partial charge < -0.3 is 45.1 Å². The Hall–Kier alpha value is -1.60. The number of carbonyl (C=O) groups is 2. The number of carbonyl (C=O) groups excluding carboxylic acids is 2. The predicted octanol–water partition coefficient (Wildman–Crippen LogP) is 12.4. The van der Waals surface area contributed by atoms with Crippen LogP contribution in [0.1, 0.15) is 271 Å². The molecule has 0 aromatic rings. The van der Waals surface area contributed by atoms with Crippen LogP contribution in [-0.2, 0) is 23.8 Å². The number of allylic oxidation sites excluding steroid dienone is 1. The van der Waals surface area contributed by atoms with Gasteiger partial charge in [-0.2, -0.15) is 0 Å². The van der Waals surface area contributed by atoms with Gasteiger partial charge in [-0.15, -0.1) is 0 Å². The zero-order valence-electron chi connectivity index (χ0n) is 43.5. The topological polar surface area (TPSA) is 175 Å². The zero-order chi connectivity index (χ0) is 49.0. The molecule has 1 rings (SSSR count). The maximum Gasteiger partial charge on any atom is 0.306 e. The largest absolute Gasteiger partial charge is 0.454 e. The van der Waals surface area contributed by atoms with Gasteiger partial charge in [-0.05, 0) is 25.7 Å². The molecule has 0 spiro atoms. The van der Waals surface area contributed by atoms with Gasteiger partial charge in [-0.3, -0.25) is 9.59 Å². The Bertz CT molecular complexity index is 1140. The molecule has 1 fully saturated rings. The zero-order valence-corrected chi connectivity index (χ0v) is 43.5. The van der Waals surface area contributed by atoms with Crippen LogP contribution in [-0.4, -0.2) is 99.6 Å². The second-order valence-corrected chi connectivity index (χ2v) is 20.0. The first-order chi connectivity index (χ1) is 32.7. The number of esters is 1. The fourth-order valence-electron chi connectivity index (χ4n) is 9.12. The average molecular weight is 954 g/mol. The first-order valence-corrected chi connectivity index (χ1v) is 28.5. The van der Waals surface area contributed by atoms with Gasteiger partial charge in [0.1, 0.15) is 24.4 Å². The Kier molecular flexibility index (Phi) is 43.1. The third kappa shape index (κ3) is 34.4. The van der Waals surface area contributed by atoms with E-state index in [1.807, 2.05) is 6.08 Å². The van der Waals surface area contributed by atoms with E-state index >= 15 is 0 Å². The van der Waals surface area contributed by atoms with E-state index in [1.54, 1.807) is 6.08 Å². The Labute approximate surface area is 410 Å². The number of unbranched alkanes of at least 4 members (excludes halogenated alkanes) is 34. The van der Waals surface area contributed by atoms with Crippen molar-refractivity contribution in [1.29, 1.82) is 0 Å². The van der Waals surface area contributed by atoms with Gasteiger partial charge in [0.2, 0.25) is 5.91 Å². The average Bonchev–Trinajstić information content (AvgIpc) is 3.32. The fraction of sp³-hybridized carbons (Fsp3) is 0.929. The second kappa shape index (κ2) is 45.5. The lowest BCUT2D eigenvalue weighted by Crippen LogP contribution is -2.61. The number of hydrogen-bond donors (Lipinski definition) is 6. The lowest BCUT2D eigenvalue weighted by atomic mass is 9.99. The van der Waals surface area contributed by atoms with Crippen LogP contribution < -0.4 is 5.32 Å². The molecule has 1 heterocycles. The summed E-state index contributed by atoms with van der Waals surface area (Å²) in [7, 11) is 0. The van der Waals surface area contributed by atoms with Crippen LogP contribution in [0.4, 0.5) is 0 Å². The molecule has 8 unspecified atom stereocenters. The van der Waals surface area contributed by atoms with Gasteiger partial charge in [0.25, 0.3) is 0 Å². The van der Waals surface area contributed by atoms with E-state index < -0.39 is 67.4 Å². The van der Waals surface area contributed by atoms with Gasteiger partial charge in [0.15, 0.2) is 12.4 Å². The second-order valence-electron chi connectivity index (χ2n) is 20.0. The van der Waals surface area contributed by atoms with Crippen LogP contribution in [0, 0.1) is 0 Å². The lowest BCUT2D eigenvalue weighted by molar-refractivity contribution is -0.305. The smallest absolute Gasteiger partial charge is 0.306 e. The van der Waals surface area contributed by atoms with Crippen LogP contribution >= 0.6 is 0 Å². The normalized spacial score (nSPS) is 20.0. The van der Waals surface area contributed by atoms with E-state index in [1.165, 1.54) is 167 Å². The summed E-state index contributed by atoms with van der Waals surface area (Å²) in [6.45, 7) is 5.78. The third-order valence-corrected chi connectivity index (χ3v) is 13.7. The van der Waals surface area contributed by atoms with Crippen LogP contribution in [0.5, 0.6) is 0 Å². The Morgan fingerprint density at radius 1 is 0.567 bits per heavy atom. The number of aliphatic hydroxyl groups is 5. The molecule has 0 aromatic carbocycles. The van der Waals surface area contributed by atoms with Crippen molar-refractivity contribution in [3.63, 3.8) is 0 Å². The summed E-state index contributed by atoms with van der Waals surface area (Å²) in [5.74, 6) is -1.18. The fourth-order valence-corrected chi connectivity index (χ4v) is 9.12. The standard InChI is InChI=1S/C56H107NO10/c1-4-7-10-13-16-19-22-24-26-28-31-34-37-40-43-49(60)55(64)57-47(48(59)42-39-36-33-30-27-21-18-15-12-9-6-3)46-65-56-54(53(63)52(62)50(45-58)66-56)67-51(61)44-41-38-35-32-29-25-23-20-17-14-11-8-5-2/h39,42,47-50,52-54,56,58-60,62-63H,4-38,40-41,43-46H2,1-3H3,(H,57,64)/b42-39+. The molecule has 1 saturated heterocycles. The van der Waals surface area contributed by atoms with Gasteiger partial charge in [-0.1, -0.05) is 251 Å². The summed E-state index contributed by atoms with van der Waals surface area (Å²) in [6.07, 6.45) is 38.3. The van der Waals surface area contributed by atoms with E-state index in [0.717, 1.165) is 57.8 Å². The molecule has 1 aliphatic heterocycles. The highest BCUT2D eigenvalue weighted by atomic mass is 16.7. The van der Waals surface area contributed by atoms with Crippen molar-refractivity contribution in [3.8, 4) is 0 Å². The number of hydrogen-bond acceptors (Lipinski definition) is 10. The molecule has 0 aliphatic carbocycles. The van der Waals surface area contributed by atoms with Gasteiger partial charge in [0.05, 0.1) is 25.4 Å². The first-order valence-electron chi connectivity index (χ1n) is 28.5. The SMILES string of the molecule is CCCCCCCCCCC/C=C/C(O)C(COC1OC(CO)C(O)C(O)C1OC(=O)CCCCCCCCCCCCCCC)NC(=O)C(O)CCCCCCCCCCCCCCCC. The molecule has 67 heavy (non-hydrogen) atoms. The molecule has 1 amide bonds. The molecular weight excluding hydrogens is 847 g/mol. The summed E-state index contributed by atoms with van der Waals surface area (Å²) in [5, 5.41) is 56.7. The lowest BCUT2D eigenvalue weighted by Gasteiger charge is -2.41. The minimum absolute atomic E-state index is 0.131. The van der Waals surface area contributed by atoms with Crippen molar-refractivity contribution in [3.05, 3.63) is 12.2 Å². The highest BCUT2D eigenvalue weighted by Crippen LogP contribution is 2.26. The van der Waals surface area contributed by atoms with Crippen molar-refractivity contribution >= 4 is 11.9 Å². The molecule has 6 N–H and O–H groups in total. The molecule has 0 bridgehead atoms. The van der Waals surface area contributed by atoms with Gasteiger partial charge in [0, 0.05) is 6.42 Å². The number of aliphatic hydroxyl groups excluding tert-OH is 5. The monoisotopic (exact) mass is 954 g/mol. The number of rotatable bonds is 48. The highest BCUT2D eigenvalue weighted by Gasteiger charge is 2.47. The van der Waals surface area contributed by atoms with Crippen LogP contribution in [0.2, 0.25) is 0 Å². The highest BCUT2D eigenvalue weighted by molar-refractivity contribution is 5.80. The first kappa shape index (κ1) is 63.4. The van der Waals surface area contributed by atoms with Crippen molar-refractivity contribution in [2.45, 2.75) is 320 Å². The quantitative estimate of drug-likeness (QED) is 0.0196. The summed E-state index contributed by atoms with van der Waals surface area (Å²) in [4.78, 5) is 26.4. The molecule has 8 atom stereocenters. The molecule has 11 nitrogen and oxygen atoms in total. The van der Waals surface area contributed by atoms with Crippen molar-refractivity contribution in [2.24, 2.45) is 0 Å². The van der Waals surface area contributed by atoms with Gasteiger partial charge >= 0.3 is 5.97 Å². The molecule has 0 saturated carbocycles. The van der Waals surface area contributed by atoms with E-state index in [4.69, 9.17) is 14.2 Å². The van der Waals surface area contributed by atoms with Crippen molar-refractivity contribution in [2.75, 3.05) is 13.2 Å². The summed E-state index contributed by atoms with van der Waals surface area (Å²) >= 11 is 0. The van der Waals surface area contributed by atoms with E-state index in [-0.39, 0.29) is 13.0 Å². The Morgan fingerprint density at radius 3 is 1.40 bits per heavy atom. The molecule has 396 valence electrons. The number of amides is 1. The summed E-state index contributed by atoms with van der Waals surface area (Å²) in [6, 6.07) is -1.01. The molecular formula is C56H107NO10. The minimum atomic E-state index is -1.60. The van der Waals surface area contributed by atoms with Crippen LogP contribution in [0.15, 0.2) is 12.2 Å². The van der Waals surface area contributed by atoms with E-state index in [0.29, 0.717) is 19.3 Å². The van der Waals surface area contributed by atoms with E-state index in [2.05, 4.69) is 26.1 Å². The minimum Gasteiger partial charge on any atom is -0.454 e. The number of nitrogens with one attached hydrogen (secondary N) is 1. The molecule has 11 heteroatoms. The Morgan fingerprint density at radius 2 is 0.970 bits per heavy atom. The molecule has 0 radical (unpaired) electrons. The Balaban J connectivity index is 2.72. The van der Waals surface area contributed by atoms with Crippen LogP contribution in [0.3, 0.4) is 0 Å². The van der Waals surface area contributed by atoms with Gasteiger partial charge in [-0.25, -0.2) is 0 Å². The van der Waals surface area contributed by atoms with Crippen molar-refractivity contribution < 1.29 is 49.3 Å². The third-order valence-electron chi connectivity index (χ3n) is 13.7. The van der Waals surface area contributed by atoms with Crippen LogP contribution in [0.25, 0.3) is 0 Å². The van der Waals surface area contributed by atoms with Crippen molar-refractivity contribution in [1.82, 2.24) is 5.32 Å². The van der Waals surface area contributed by atoms with E-state index in [9.17, 15) is 35.1 Å². The summed E-state index contributed by atoms with van der Waals surface area (Å²) < 4.78 is 17.6. The number of ether oxygens (including phenoxy) is 3. The molecule has 0 aromatic heterocycles. The molecule has 1 aliphatic rings. The maximum absolute atomic E-state index is 13.3. The maximum atomic E-state index is 13.3. The summed E-state index contributed by atoms with van der Waals surface area (Å²) in [5.41, 5.74) is 0.